The Morgan fingerprint density at radius 1 is 1.09 bits per heavy atom. The zero-order valence-corrected chi connectivity index (χ0v) is 13.8. The number of rotatable bonds is 4. The van der Waals surface area contributed by atoms with Gasteiger partial charge in [-0.3, -0.25) is 0 Å². The molecule has 0 saturated carbocycles. The molecule has 0 saturated heterocycles. The average molecular weight is 300 g/mol. The Morgan fingerprint density at radius 2 is 1.77 bits per heavy atom. The molecular weight excluding hydrogens is 276 g/mol. The molecule has 1 aromatic heterocycles. The van der Waals surface area contributed by atoms with Gasteiger partial charge in [0.1, 0.15) is 11.6 Å². The Balaban J connectivity index is 2.48. The number of nitrogen functional groups attached to an aromatic ring is 2. The summed E-state index contributed by atoms with van der Waals surface area (Å²) in [6, 6.07) is 6.28. The average Bonchev–Trinajstić information content (AvgIpc) is 2.45. The summed E-state index contributed by atoms with van der Waals surface area (Å²) in [7, 11) is 1.70. The second-order valence-electron chi connectivity index (χ2n) is 5.84. The van der Waals surface area contributed by atoms with Gasteiger partial charge >= 0.3 is 0 Å². The van der Waals surface area contributed by atoms with Gasteiger partial charge in [-0.05, 0) is 30.0 Å². The molecule has 1 aromatic carbocycles. The fourth-order valence-corrected chi connectivity index (χ4v) is 2.80. The topological polar surface area (TPSA) is 87.0 Å². The Hall–Kier alpha value is -2.30. The van der Waals surface area contributed by atoms with E-state index in [0.29, 0.717) is 11.7 Å². The number of ether oxygens (including phenoxy) is 1. The molecule has 1 atom stereocenters. The first kappa shape index (κ1) is 16.1. The van der Waals surface area contributed by atoms with Gasteiger partial charge < -0.3 is 16.2 Å². The fourth-order valence-electron chi connectivity index (χ4n) is 2.80. The lowest BCUT2D eigenvalue weighted by atomic mass is 9.90. The van der Waals surface area contributed by atoms with E-state index in [2.05, 4.69) is 48.9 Å². The first-order valence-corrected chi connectivity index (χ1v) is 7.42. The van der Waals surface area contributed by atoms with Crippen LogP contribution in [0, 0.1) is 6.92 Å². The van der Waals surface area contributed by atoms with Crippen molar-refractivity contribution in [2.75, 3.05) is 18.6 Å². The van der Waals surface area contributed by atoms with Gasteiger partial charge in [-0.2, -0.15) is 4.98 Å². The van der Waals surface area contributed by atoms with E-state index in [1.165, 1.54) is 5.56 Å². The molecule has 0 aliphatic heterocycles. The largest absolute Gasteiger partial charge is 0.496 e. The second kappa shape index (κ2) is 6.22. The van der Waals surface area contributed by atoms with Gasteiger partial charge in [0.2, 0.25) is 5.95 Å². The molecule has 2 rings (SSSR count). The Labute approximate surface area is 131 Å². The number of hydrogen-bond donors (Lipinski definition) is 2. The lowest BCUT2D eigenvalue weighted by Gasteiger charge is -2.19. The number of benzene rings is 1. The molecule has 22 heavy (non-hydrogen) atoms. The third kappa shape index (κ3) is 2.98. The zero-order chi connectivity index (χ0) is 16.4. The third-order valence-electron chi connectivity index (χ3n) is 4.00. The van der Waals surface area contributed by atoms with E-state index in [0.717, 1.165) is 22.6 Å². The summed E-state index contributed by atoms with van der Waals surface area (Å²) >= 11 is 0. The predicted octanol–water partition coefficient (Wildman–Crippen LogP) is 3.23. The van der Waals surface area contributed by atoms with E-state index in [9.17, 15) is 0 Å². The van der Waals surface area contributed by atoms with Crippen molar-refractivity contribution in [2.45, 2.75) is 39.5 Å². The summed E-state index contributed by atoms with van der Waals surface area (Å²) in [5.41, 5.74) is 15.7. The van der Waals surface area contributed by atoms with Gasteiger partial charge in [-0.25, -0.2) is 4.98 Å². The Bertz CT molecular complexity index is 659. The summed E-state index contributed by atoms with van der Waals surface area (Å²) < 4.78 is 5.53. The molecule has 0 radical (unpaired) electrons. The van der Waals surface area contributed by atoms with Gasteiger partial charge in [-0.15, -0.1) is 0 Å². The van der Waals surface area contributed by atoms with Gasteiger partial charge in [0, 0.05) is 17.2 Å². The summed E-state index contributed by atoms with van der Waals surface area (Å²) in [5, 5.41) is 0. The van der Waals surface area contributed by atoms with Crippen LogP contribution in [0.25, 0.3) is 0 Å². The number of aryl methyl sites for hydroxylation is 1. The molecule has 0 aliphatic carbocycles. The van der Waals surface area contributed by atoms with Gasteiger partial charge in [0.05, 0.1) is 7.11 Å². The molecule has 4 N–H and O–H groups in total. The van der Waals surface area contributed by atoms with Crippen molar-refractivity contribution in [1.82, 2.24) is 9.97 Å². The minimum absolute atomic E-state index is 0.0655. The van der Waals surface area contributed by atoms with Crippen LogP contribution in [-0.2, 0) is 0 Å². The number of methoxy groups -OCH3 is 1. The molecular formula is C17H24N4O. The number of nitrogens with two attached hydrogens (primary N) is 2. The Morgan fingerprint density at radius 3 is 2.32 bits per heavy atom. The highest BCUT2D eigenvalue weighted by Crippen LogP contribution is 2.34. The maximum Gasteiger partial charge on any atom is 0.222 e. The standard InChI is InChI=1S/C17H24N4O/c1-9(2)13-7-6-12(8-14(13)22-5)10(3)15-11(4)20-17(19)21-16(15)18/h6-10H,1-5H3,(H4,18,19,20,21). The quantitative estimate of drug-likeness (QED) is 0.905. The monoisotopic (exact) mass is 300 g/mol. The van der Waals surface area contributed by atoms with E-state index >= 15 is 0 Å². The number of nitrogens with zero attached hydrogens (tertiary/aromatic N) is 2. The molecule has 2 aromatic rings. The van der Waals surface area contributed by atoms with E-state index < -0.39 is 0 Å². The number of anilines is 2. The van der Waals surface area contributed by atoms with E-state index in [1.54, 1.807) is 7.11 Å². The highest BCUT2D eigenvalue weighted by Gasteiger charge is 2.19. The highest BCUT2D eigenvalue weighted by molar-refractivity contribution is 5.52. The molecule has 5 heteroatoms. The summed E-state index contributed by atoms with van der Waals surface area (Å²) in [4.78, 5) is 8.31. The molecule has 0 fully saturated rings. The van der Waals surface area contributed by atoms with Crippen molar-refractivity contribution < 1.29 is 4.74 Å². The summed E-state index contributed by atoms with van der Waals surface area (Å²) in [6.07, 6.45) is 0. The van der Waals surface area contributed by atoms with Crippen LogP contribution in [0.5, 0.6) is 5.75 Å². The minimum Gasteiger partial charge on any atom is -0.496 e. The lowest BCUT2D eigenvalue weighted by molar-refractivity contribution is 0.407. The van der Waals surface area contributed by atoms with Crippen molar-refractivity contribution in [1.29, 1.82) is 0 Å². The molecule has 1 unspecified atom stereocenters. The van der Waals surface area contributed by atoms with Gasteiger partial charge in [-0.1, -0.05) is 32.9 Å². The molecule has 0 bridgehead atoms. The molecule has 0 amide bonds. The number of hydrogen-bond acceptors (Lipinski definition) is 5. The summed E-state index contributed by atoms with van der Waals surface area (Å²) in [5.74, 6) is 2.01. The SMILES string of the molecule is COc1cc(C(C)c2c(C)nc(N)nc2N)ccc1C(C)C. The minimum atomic E-state index is 0.0655. The van der Waals surface area contributed by atoms with Crippen molar-refractivity contribution in [3.05, 3.63) is 40.6 Å². The molecule has 118 valence electrons. The molecule has 0 aliphatic rings. The van der Waals surface area contributed by atoms with E-state index in [-0.39, 0.29) is 11.9 Å². The van der Waals surface area contributed by atoms with Crippen LogP contribution in [0.2, 0.25) is 0 Å². The van der Waals surface area contributed by atoms with Crippen LogP contribution < -0.4 is 16.2 Å². The van der Waals surface area contributed by atoms with Crippen LogP contribution in [0.4, 0.5) is 11.8 Å². The van der Waals surface area contributed by atoms with Crippen LogP contribution >= 0.6 is 0 Å². The normalized spacial score (nSPS) is 12.5. The third-order valence-corrected chi connectivity index (χ3v) is 4.00. The van der Waals surface area contributed by atoms with Crippen LogP contribution in [0.15, 0.2) is 18.2 Å². The van der Waals surface area contributed by atoms with E-state index in [4.69, 9.17) is 16.2 Å². The van der Waals surface area contributed by atoms with Gasteiger partial charge in [0.15, 0.2) is 0 Å². The number of aromatic nitrogens is 2. The molecule has 1 heterocycles. The van der Waals surface area contributed by atoms with Crippen molar-refractivity contribution in [3.63, 3.8) is 0 Å². The van der Waals surface area contributed by atoms with Crippen LogP contribution in [-0.4, -0.2) is 17.1 Å². The lowest BCUT2D eigenvalue weighted by Crippen LogP contribution is -2.10. The zero-order valence-electron chi connectivity index (χ0n) is 13.8. The smallest absolute Gasteiger partial charge is 0.222 e. The van der Waals surface area contributed by atoms with E-state index in [1.807, 2.05) is 6.92 Å². The van der Waals surface area contributed by atoms with Crippen LogP contribution in [0.3, 0.4) is 0 Å². The van der Waals surface area contributed by atoms with Crippen molar-refractivity contribution in [2.24, 2.45) is 0 Å². The van der Waals surface area contributed by atoms with Crippen molar-refractivity contribution in [3.8, 4) is 5.75 Å². The van der Waals surface area contributed by atoms with Crippen LogP contribution in [0.1, 0.15) is 55.0 Å². The second-order valence-corrected chi connectivity index (χ2v) is 5.84. The maximum absolute atomic E-state index is 6.05. The summed E-state index contributed by atoms with van der Waals surface area (Å²) in [6.45, 7) is 8.29. The predicted molar refractivity (Wildman–Crippen MR) is 90.2 cm³/mol. The first-order chi connectivity index (χ1) is 10.3. The molecule has 0 spiro atoms. The van der Waals surface area contributed by atoms with Gasteiger partial charge in [0.25, 0.3) is 0 Å². The first-order valence-electron chi connectivity index (χ1n) is 7.42. The maximum atomic E-state index is 6.05. The highest BCUT2D eigenvalue weighted by atomic mass is 16.5. The fraction of sp³-hybridized carbons (Fsp3) is 0.412. The molecule has 5 nitrogen and oxygen atoms in total. The van der Waals surface area contributed by atoms with Crippen molar-refractivity contribution >= 4 is 11.8 Å². The Kier molecular flexibility index (Phi) is 4.54.